The molecule has 132 valence electrons. The third-order valence-corrected chi connectivity index (χ3v) is 7.16. The Labute approximate surface area is 157 Å². The van der Waals surface area contributed by atoms with Gasteiger partial charge in [-0.2, -0.15) is 0 Å². The minimum atomic E-state index is -3.51. The Bertz CT molecular complexity index is 1110. The molecule has 0 fully saturated rings. The highest BCUT2D eigenvalue weighted by Crippen LogP contribution is 2.30. The molecule has 2 aromatic heterocycles. The van der Waals surface area contributed by atoms with Gasteiger partial charge in [0.25, 0.3) is 0 Å². The van der Waals surface area contributed by atoms with E-state index in [9.17, 15) is 13.2 Å². The summed E-state index contributed by atoms with van der Waals surface area (Å²) in [6.07, 6.45) is 2.49. The van der Waals surface area contributed by atoms with Crippen LogP contribution in [0.15, 0.2) is 31.9 Å². The molecule has 2 heterocycles. The second kappa shape index (κ2) is 7.03. The van der Waals surface area contributed by atoms with Gasteiger partial charge in [0.15, 0.2) is 10.6 Å². The lowest BCUT2D eigenvalue weighted by molar-refractivity contribution is 0.590. The number of hydrogen-bond acceptors (Lipinski definition) is 7. The molecule has 0 saturated heterocycles. The smallest absolute Gasteiger partial charge is 0.232 e. The van der Waals surface area contributed by atoms with Gasteiger partial charge in [-0.3, -0.25) is 4.79 Å². The van der Waals surface area contributed by atoms with Crippen LogP contribution < -0.4 is 5.43 Å². The molecule has 0 aliphatic rings. The lowest BCUT2D eigenvalue weighted by atomic mass is 10.2. The quantitative estimate of drug-likeness (QED) is 0.616. The lowest BCUT2D eigenvalue weighted by Gasteiger charge is -2.02. The van der Waals surface area contributed by atoms with Crippen molar-refractivity contribution in [2.75, 3.05) is 5.75 Å². The Morgan fingerprint density at radius 3 is 2.72 bits per heavy atom. The summed E-state index contributed by atoms with van der Waals surface area (Å²) in [6, 6.07) is 2.91. The van der Waals surface area contributed by atoms with Gasteiger partial charge in [-0.1, -0.05) is 47.9 Å². The first kappa shape index (κ1) is 18.3. The monoisotopic (exact) mass is 418 g/mol. The number of hydrogen-bond donors (Lipinski definition) is 0. The van der Waals surface area contributed by atoms with Crippen LogP contribution in [0.3, 0.4) is 0 Å². The van der Waals surface area contributed by atoms with Crippen LogP contribution in [0.2, 0.25) is 10.0 Å². The van der Waals surface area contributed by atoms with E-state index in [4.69, 9.17) is 27.6 Å². The molecular formula is C15H12Cl2N2O4S2. The highest BCUT2D eigenvalue weighted by molar-refractivity contribution is 7.93. The van der Waals surface area contributed by atoms with Gasteiger partial charge in [0.1, 0.15) is 6.26 Å². The highest BCUT2D eigenvalue weighted by atomic mass is 35.5. The van der Waals surface area contributed by atoms with Crippen LogP contribution in [-0.4, -0.2) is 24.4 Å². The normalized spacial score (nSPS) is 12.0. The number of aromatic nitrogens is 2. The molecule has 0 unspecified atom stereocenters. The molecule has 0 saturated carbocycles. The zero-order chi connectivity index (χ0) is 18.2. The number of unbranched alkanes of at least 4 members (excludes halogenated alkanes) is 1. The van der Waals surface area contributed by atoms with E-state index >= 15 is 0 Å². The molecule has 0 aliphatic carbocycles. The van der Waals surface area contributed by atoms with Gasteiger partial charge in [-0.05, 0) is 18.6 Å². The zero-order valence-corrected chi connectivity index (χ0v) is 16.1. The van der Waals surface area contributed by atoms with E-state index in [1.165, 1.54) is 18.4 Å². The fourth-order valence-electron chi connectivity index (χ4n) is 2.18. The summed E-state index contributed by atoms with van der Waals surface area (Å²) in [6.45, 7) is 1.90. The average Bonchev–Trinajstić information content (AvgIpc) is 3.04. The molecule has 0 aliphatic heterocycles. The SMILES string of the molecule is CCCCS(=O)(=O)c1nnc(-c2coc3c(Cl)cc(Cl)cc3c2=O)s1. The largest absolute Gasteiger partial charge is 0.462 e. The van der Waals surface area contributed by atoms with Crippen molar-refractivity contribution >= 4 is 55.3 Å². The maximum absolute atomic E-state index is 12.7. The second-order valence-corrected chi connectivity index (χ2v) is 9.39. The van der Waals surface area contributed by atoms with Crippen LogP contribution >= 0.6 is 34.5 Å². The molecule has 3 aromatic rings. The molecule has 6 nitrogen and oxygen atoms in total. The number of rotatable bonds is 5. The number of halogens is 2. The number of fused-ring (bicyclic) bond motifs is 1. The average molecular weight is 419 g/mol. The molecule has 0 bridgehead atoms. The van der Waals surface area contributed by atoms with Crippen molar-refractivity contribution in [3.8, 4) is 10.6 Å². The van der Waals surface area contributed by atoms with Crippen molar-refractivity contribution < 1.29 is 12.8 Å². The van der Waals surface area contributed by atoms with Crippen molar-refractivity contribution in [3.05, 3.63) is 38.7 Å². The van der Waals surface area contributed by atoms with E-state index in [2.05, 4.69) is 10.2 Å². The van der Waals surface area contributed by atoms with Gasteiger partial charge in [0.2, 0.25) is 19.6 Å². The van der Waals surface area contributed by atoms with Crippen molar-refractivity contribution in [3.63, 3.8) is 0 Å². The first-order chi connectivity index (χ1) is 11.8. The predicted octanol–water partition coefficient (Wildman–Crippen LogP) is 4.19. The summed E-state index contributed by atoms with van der Waals surface area (Å²) in [4.78, 5) is 12.7. The van der Waals surface area contributed by atoms with Crippen LogP contribution in [0, 0.1) is 0 Å². The van der Waals surface area contributed by atoms with E-state index in [0.29, 0.717) is 11.4 Å². The van der Waals surface area contributed by atoms with Crippen molar-refractivity contribution in [2.24, 2.45) is 0 Å². The summed E-state index contributed by atoms with van der Waals surface area (Å²) in [5.41, 5.74) is -0.0836. The van der Waals surface area contributed by atoms with Gasteiger partial charge < -0.3 is 4.42 Å². The topological polar surface area (TPSA) is 90.1 Å². The highest BCUT2D eigenvalue weighted by Gasteiger charge is 2.22. The molecule has 0 N–H and O–H groups in total. The van der Waals surface area contributed by atoms with Gasteiger partial charge in [0.05, 0.1) is 21.7 Å². The predicted molar refractivity (Wildman–Crippen MR) is 98.4 cm³/mol. The van der Waals surface area contributed by atoms with Gasteiger partial charge in [0, 0.05) is 5.02 Å². The first-order valence-electron chi connectivity index (χ1n) is 7.30. The summed E-state index contributed by atoms with van der Waals surface area (Å²) >= 11 is 12.8. The van der Waals surface area contributed by atoms with Crippen molar-refractivity contribution in [2.45, 2.75) is 24.1 Å². The Morgan fingerprint density at radius 1 is 1.24 bits per heavy atom. The van der Waals surface area contributed by atoms with Crippen LogP contribution in [-0.2, 0) is 9.84 Å². The second-order valence-electron chi connectivity index (χ2n) is 5.29. The summed E-state index contributed by atoms with van der Waals surface area (Å²) in [7, 11) is -3.51. The van der Waals surface area contributed by atoms with Crippen LogP contribution in [0.4, 0.5) is 0 Å². The first-order valence-corrected chi connectivity index (χ1v) is 10.5. The standard InChI is InChI=1S/C15H12Cl2N2O4S2/c1-2-3-4-25(21,22)15-19-18-14(24-15)10-7-23-13-9(12(10)20)5-8(16)6-11(13)17/h5-7H,2-4H2,1H3. The van der Waals surface area contributed by atoms with Gasteiger partial charge >= 0.3 is 0 Å². The van der Waals surface area contributed by atoms with Crippen molar-refractivity contribution in [1.82, 2.24) is 10.2 Å². The maximum atomic E-state index is 12.7. The Morgan fingerprint density at radius 2 is 2.00 bits per heavy atom. The molecule has 25 heavy (non-hydrogen) atoms. The van der Waals surface area contributed by atoms with Crippen LogP contribution in [0.1, 0.15) is 19.8 Å². The fourth-order valence-corrected chi connectivity index (χ4v) is 5.30. The van der Waals surface area contributed by atoms with E-state index in [1.54, 1.807) is 0 Å². The van der Waals surface area contributed by atoms with Crippen LogP contribution in [0.25, 0.3) is 21.5 Å². The lowest BCUT2D eigenvalue weighted by Crippen LogP contribution is -2.06. The Kier molecular flexibility index (Phi) is 5.15. The summed E-state index contributed by atoms with van der Waals surface area (Å²) in [5.74, 6) is -0.00429. The summed E-state index contributed by atoms with van der Waals surface area (Å²) in [5, 5.41) is 8.43. The zero-order valence-electron chi connectivity index (χ0n) is 13.0. The van der Waals surface area contributed by atoms with E-state index in [1.807, 2.05) is 6.92 Å². The third kappa shape index (κ3) is 3.57. The molecule has 0 amide bonds. The maximum Gasteiger partial charge on any atom is 0.232 e. The summed E-state index contributed by atoms with van der Waals surface area (Å²) < 4.78 is 29.7. The molecule has 0 radical (unpaired) electrons. The molecule has 3 rings (SSSR count). The van der Waals surface area contributed by atoms with Gasteiger partial charge in [-0.25, -0.2) is 8.42 Å². The molecule has 0 spiro atoms. The molecular weight excluding hydrogens is 407 g/mol. The fraction of sp³-hybridized carbons (Fsp3) is 0.267. The molecule has 10 heteroatoms. The minimum absolute atomic E-state index is 0.00429. The number of nitrogens with zero attached hydrogens (tertiary/aromatic N) is 2. The van der Waals surface area contributed by atoms with E-state index in [-0.39, 0.29) is 36.7 Å². The number of benzene rings is 1. The number of sulfone groups is 1. The molecule has 1 aromatic carbocycles. The Balaban J connectivity index is 2.09. The molecule has 0 atom stereocenters. The Hall–Kier alpha value is -1.48. The van der Waals surface area contributed by atoms with E-state index in [0.717, 1.165) is 17.8 Å². The van der Waals surface area contributed by atoms with Crippen molar-refractivity contribution in [1.29, 1.82) is 0 Å². The van der Waals surface area contributed by atoms with Crippen LogP contribution in [0.5, 0.6) is 0 Å². The third-order valence-electron chi connectivity index (χ3n) is 3.46. The van der Waals surface area contributed by atoms with Gasteiger partial charge in [-0.15, -0.1) is 10.2 Å². The minimum Gasteiger partial charge on any atom is -0.462 e. The van der Waals surface area contributed by atoms with E-state index < -0.39 is 15.3 Å².